The molecule has 0 aliphatic carbocycles. The third-order valence-corrected chi connectivity index (χ3v) is 8.34. The molecule has 0 radical (unpaired) electrons. The van der Waals surface area contributed by atoms with E-state index in [2.05, 4.69) is 36.4 Å². The molecule has 0 amide bonds. The van der Waals surface area contributed by atoms with Crippen LogP contribution in [-0.2, 0) is 0 Å². The van der Waals surface area contributed by atoms with E-state index in [0.717, 1.165) is 38.6 Å². The van der Waals surface area contributed by atoms with Gasteiger partial charge in [-0.25, -0.2) is 15.0 Å². The molecule has 2 heterocycles. The zero-order valence-corrected chi connectivity index (χ0v) is 25.0. The molecule has 0 atom stereocenters. The number of aromatic nitrogens is 3. The summed E-state index contributed by atoms with van der Waals surface area (Å²) in [6.07, 6.45) is 0. The third-order valence-electron chi connectivity index (χ3n) is 8.34. The normalized spacial score (nSPS) is 12.9. The summed E-state index contributed by atoms with van der Waals surface area (Å²) < 4.78 is 49.9. The van der Waals surface area contributed by atoms with Crippen LogP contribution >= 0.6 is 0 Å². The lowest BCUT2D eigenvalue weighted by molar-refractivity contribution is 0.669. The number of hydrogen-bond acceptors (Lipinski definition) is 4. The number of nitrogens with zero attached hydrogens (tertiary/aromatic N) is 3. The van der Waals surface area contributed by atoms with E-state index in [1.807, 2.05) is 97.1 Å². The summed E-state index contributed by atoms with van der Waals surface area (Å²) in [4.78, 5) is 15.0. The van der Waals surface area contributed by atoms with E-state index in [9.17, 15) is 1.37 Å². The van der Waals surface area contributed by atoms with E-state index in [1.165, 1.54) is 0 Å². The average Bonchev–Trinajstić information content (AvgIpc) is 3.61. The maximum atomic E-state index is 9.26. The van der Waals surface area contributed by atoms with Crippen LogP contribution in [0.4, 0.5) is 0 Å². The number of rotatable bonds is 5. The second-order valence-electron chi connectivity index (χ2n) is 11.3. The van der Waals surface area contributed by atoms with E-state index in [1.54, 1.807) is 0 Å². The summed E-state index contributed by atoms with van der Waals surface area (Å²) in [5, 5.41) is 2.60. The van der Waals surface area contributed by atoms with E-state index >= 15 is 0 Å². The zero-order valence-electron chi connectivity index (χ0n) is 30.0. The second kappa shape index (κ2) is 11.2. The van der Waals surface area contributed by atoms with Gasteiger partial charge in [0, 0.05) is 27.5 Å². The lowest BCUT2D eigenvalue weighted by Crippen LogP contribution is -2.00. The van der Waals surface area contributed by atoms with E-state index in [0.29, 0.717) is 28.2 Å². The van der Waals surface area contributed by atoms with Gasteiger partial charge < -0.3 is 4.42 Å². The Morgan fingerprint density at radius 1 is 0.447 bits per heavy atom. The van der Waals surface area contributed by atoms with Crippen molar-refractivity contribution in [3.8, 4) is 56.4 Å². The van der Waals surface area contributed by atoms with Crippen LogP contribution in [0.15, 0.2) is 168 Å². The molecule has 0 aliphatic heterocycles. The van der Waals surface area contributed by atoms with Crippen molar-refractivity contribution in [2.75, 3.05) is 0 Å². The first-order valence-electron chi connectivity index (χ1n) is 17.8. The van der Waals surface area contributed by atoms with Gasteiger partial charge in [0.25, 0.3) is 0 Å². The summed E-state index contributed by atoms with van der Waals surface area (Å²) >= 11 is 0. The van der Waals surface area contributed by atoms with Gasteiger partial charge in [-0.05, 0) is 63.3 Å². The molecular formula is C43H27N3O. The monoisotopic (exact) mass is 606 g/mol. The maximum Gasteiger partial charge on any atom is 0.164 e. The van der Waals surface area contributed by atoms with Crippen LogP contribution in [0.1, 0.15) is 6.85 Å². The Morgan fingerprint density at radius 2 is 1.02 bits per heavy atom. The molecule has 47 heavy (non-hydrogen) atoms. The van der Waals surface area contributed by atoms with Crippen molar-refractivity contribution in [2.24, 2.45) is 0 Å². The number of fused-ring (bicyclic) bond motifs is 4. The summed E-state index contributed by atoms with van der Waals surface area (Å²) in [5.74, 6) is 1.13. The van der Waals surface area contributed by atoms with Gasteiger partial charge in [-0.1, -0.05) is 133 Å². The van der Waals surface area contributed by atoms with Crippen molar-refractivity contribution in [3.63, 3.8) is 0 Å². The molecule has 7 aromatic carbocycles. The van der Waals surface area contributed by atoms with Crippen molar-refractivity contribution in [3.05, 3.63) is 164 Å². The molecule has 0 spiro atoms. The highest BCUT2D eigenvalue weighted by molar-refractivity contribution is 6.13. The first-order chi connectivity index (χ1) is 25.4. The minimum absolute atomic E-state index is 0.0257. The van der Waals surface area contributed by atoms with Crippen LogP contribution < -0.4 is 0 Å². The van der Waals surface area contributed by atoms with Gasteiger partial charge >= 0.3 is 0 Å². The second-order valence-corrected chi connectivity index (χ2v) is 11.3. The fourth-order valence-electron chi connectivity index (χ4n) is 6.03. The van der Waals surface area contributed by atoms with E-state index < -0.39 is 12.1 Å². The van der Waals surface area contributed by atoms with Crippen LogP contribution in [0.25, 0.3) is 89.1 Å². The van der Waals surface area contributed by atoms with Gasteiger partial charge in [0.1, 0.15) is 11.2 Å². The summed E-state index contributed by atoms with van der Waals surface area (Å²) in [6, 6.07) is 42.3. The smallest absolute Gasteiger partial charge is 0.164 e. The Labute approximate surface area is 278 Å². The molecule has 9 rings (SSSR count). The van der Waals surface area contributed by atoms with Gasteiger partial charge in [0.05, 0.1) is 6.85 Å². The van der Waals surface area contributed by atoms with Crippen molar-refractivity contribution in [1.82, 2.24) is 15.0 Å². The van der Waals surface area contributed by atoms with E-state index in [-0.39, 0.29) is 40.5 Å². The van der Waals surface area contributed by atoms with Gasteiger partial charge in [-0.3, -0.25) is 0 Å². The van der Waals surface area contributed by atoms with Crippen LogP contribution in [-0.4, -0.2) is 15.0 Å². The number of para-hydroxylation sites is 1. The molecular weight excluding hydrogens is 574 g/mol. The van der Waals surface area contributed by atoms with E-state index in [4.69, 9.17) is 24.9 Å². The molecule has 0 unspecified atom stereocenters. The van der Waals surface area contributed by atoms with Gasteiger partial charge in [-0.2, -0.15) is 0 Å². The van der Waals surface area contributed by atoms with Gasteiger partial charge in [0.15, 0.2) is 17.5 Å². The van der Waals surface area contributed by atoms with Crippen LogP contribution in [0.3, 0.4) is 0 Å². The summed E-state index contributed by atoms with van der Waals surface area (Å²) in [6.45, 7) is 0. The topological polar surface area (TPSA) is 51.8 Å². The minimum atomic E-state index is -0.409. The van der Waals surface area contributed by atoms with Crippen molar-refractivity contribution >= 4 is 32.7 Å². The predicted molar refractivity (Wildman–Crippen MR) is 192 cm³/mol. The van der Waals surface area contributed by atoms with Crippen LogP contribution in [0.5, 0.6) is 0 Å². The Bertz CT molecular complexity index is 2840. The molecule has 220 valence electrons. The van der Waals surface area contributed by atoms with Crippen molar-refractivity contribution in [1.29, 1.82) is 0 Å². The fourth-order valence-corrected chi connectivity index (χ4v) is 6.03. The average molecular weight is 607 g/mol. The minimum Gasteiger partial charge on any atom is -0.456 e. The van der Waals surface area contributed by atoms with Crippen molar-refractivity contribution in [2.45, 2.75) is 0 Å². The highest BCUT2D eigenvalue weighted by atomic mass is 16.3. The Hall–Kier alpha value is -6.39. The maximum absolute atomic E-state index is 9.26. The molecule has 0 aliphatic rings. The predicted octanol–water partition coefficient (Wildman–Crippen LogP) is 11.3. The number of hydrogen-bond donors (Lipinski definition) is 0. The molecule has 9 aromatic rings. The van der Waals surface area contributed by atoms with Gasteiger partial charge in [0.2, 0.25) is 0 Å². The highest BCUT2D eigenvalue weighted by Gasteiger charge is 2.19. The quantitative estimate of drug-likeness (QED) is 0.196. The Kier molecular flexibility index (Phi) is 5.28. The lowest BCUT2D eigenvalue weighted by atomic mass is 9.98. The standard InChI is InChI=1S/C43H27N3O/c1-4-12-28(13-5-1)32-22-20-30-21-23-33(25-34(30)24-32)42-44-41(31-16-8-3-9-17-31)45-43(46-42)37-26-35(29-14-6-2-7-15-29)27-39-40(37)36-18-10-11-19-38(36)47-39/h1-27H/i10D,11D,18D,19D,27D. The summed E-state index contributed by atoms with van der Waals surface area (Å²) in [7, 11) is 0. The number of furan rings is 1. The molecule has 4 nitrogen and oxygen atoms in total. The lowest BCUT2D eigenvalue weighted by Gasteiger charge is -2.12. The Morgan fingerprint density at radius 3 is 1.74 bits per heavy atom. The number of benzene rings is 7. The van der Waals surface area contributed by atoms with Crippen LogP contribution in [0, 0.1) is 0 Å². The largest absolute Gasteiger partial charge is 0.456 e. The molecule has 0 fully saturated rings. The molecule has 0 saturated heterocycles. The third kappa shape index (κ3) is 4.93. The van der Waals surface area contributed by atoms with Crippen molar-refractivity contribution < 1.29 is 11.3 Å². The zero-order chi connectivity index (χ0) is 35.5. The summed E-state index contributed by atoms with van der Waals surface area (Å²) in [5.41, 5.74) is 5.62. The fraction of sp³-hybridized carbons (Fsp3) is 0. The molecule has 0 saturated carbocycles. The molecule has 0 N–H and O–H groups in total. The molecule has 4 heteroatoms. The first kappa shape index (κ1) is 22.2. The SMILES string of the molecule is [2H]c1c([2H])c([2H])c2c(oc3c([2H])c(-c4ccccc4)cc(-c4nc(-c5ccccc5)nc(-c5ccc6ccc(-c7ccccc7)cc6c5)n4)c32)c1[2H]. The molecule has 2 aromatic heterocycles. The van der Waals surface area contributed by atoms with Gasteiger partial charge in [-0.15, -0.1) is 0 Å². The Balaban J connectivity index is 1.35. The van der Waals surface area contributed by atoms with Crippen LogP contribution in [0.2, 0.25) is 0 Å². The molecule has 0 bridgehead atoms. The first-order valence-corrected chi connectivity index (χ1v) is 15.3. The highest BCUT2D eigenvalue weighted by Crippen LogP contribution is 2.40.